The fraction of sp³-hybridized carbons (Fsp3) is 0.667. The van der Waals surface area contributed by atoms with Crippen LogP contribution in [0.2, 0.25) is 0 Å². The highest BCUT2D eigenvalue weighted by Crippen LogP contribution is 2.37. The third kappa shape index (κ3) is 3.97. The number of hydrogen-bond acceptors (Lipinski definition) is 2. The van der Waals surface area contributed by atoms with Crippen molar-refractivity contribution in [2.75, 3.05) is 18.0 Å². The van der Waals surface area contributed by atoms with Gasteiger partial charge in [-0.3, -0.25) is 0 Å². The molecule has 0 spiro atoms. The Morgan fingerprint density at radius 1 is 1.19 bits per heavy atom. The zero-order valence-electron chi connectivity index (χ0n) is 13.0. The van der Waals surface area contributed by atoms with E-state index in [9.17, 15) is 4.39 Å². The standard InChI is InChI=1S/C18H27FN2/c1-2-16(20)10-15-4-3-5-17(19)18(15)21(11-13-6-7-13)12-14-8-9-14/h3-5,13-14,16H,2,6-12,20H2,1H3. The number of para-hydroxylation sites is 1. The van der Waals surface area contributed by atoms with Crippen molar-refractivity contribution < 1.29 is 4.39 Å². The maximum Gasteiger partial charge on any atom is 0.146 e. The zero-order chi connectivity index (χ0) is 14.8. The van der Waals surface area contributed by atoms with E-state index in [4.69, 9.17) is 5.73 Å². The molecule has 0 radical (unpaired) electrons. The molecule has 0 amide bonds. The molecule has 116 valence electrons. The van der Waals surface area contributed by atoms with Crippen LogP contribution in [0.15, 0.2) is 18.2 Å². The van der Waals surface area contributed by atoms with E-state index in [0.717, 1.165) is 49.0 Å². The monoisotopic (exact) mass is 290 g/mol. The van der Waals surface area contributed by atoms with Crippen molar-refractivity contribution in [3.05, 3.63) is 29.6 Å². The van der Waals surface area contributed by atoms with Crippen molar-refractivity contribution >= 4 is 5.69 Å². The van der Waals surface area contributed by atoms with Gasteiger partial charge in [0.15, 0.2) is 0 Å². The summed E-state index contributed by atoms with van der Waals surface area (Å²) in [5, 5.41) is 0. The summed E-state index contributed by atoms with van der Waals surface area (Å²) in [4.78, 5) is 2.32. The first-order valence-corrected chi connectivity index (χ1v) is 8.45. The Labute approximate surface area is 127 Å². The molecular formula is C18H27FN2. The second-order valence-corrected chi connectivity index (χ2v) is 6.91. The largest absolute Gasteiger partial charge is 0.368 e. The van der Waals surface area contributed by atoms with Crippen LogP contribution in [0.25, 0.3) is 0 Å². The molecule has 1 aromatic carbocycles. The molecule has 3 heteroatoms. The predicted molar refractivity (Wildman–Crippen MR) is 86.0 cm³/mol. The fourth-order valence-electron chi connectivity index (χ4n) is 2.99. The maximum absolute atomic E-state index is 14.5. The third-order valence-corrected chi connectivity index (χ3v) is 4.74. The van der Waals surface area contributed by atoms with Crippen molar-refractivity contribution in [2.45, 2.75) is 51.5 Å². The average Bonchev–Trinajstić information content (AvgIpc) is 3.34. The van der Waals surface area contributed by atoms with Crippen molar-refractivity contribution in [3.63, 3.8) is 0 Å². The topological polar surface area (TPSA) is 29.3 Å². The van der Waals surface area contributed by atoms with Crippen LogP contribution in [0.1, 0.15) is 44.6 Å². The summed E-state index contributed by atoms with van der Waals surface area (Å²) in [6, 6.07) is 5.60. The summed E-state index contributed by atoms with van der Waals surface area (Å²) < 4.78 is 14.5. The Kier molecular flexibility index (Phi) is 4.48. The van der Waals surface area contributed by atoms with Gasteiger partial charge in [0.25, 0.3) is 0 Å². The Bertz CT molecular complexity index is 466. The van der Waals surface area contributed by atoms with Gasteiger partial charge in [-0.2, -0.15) is 0 Å². The van der Waals surface area contributed by atoms with Crippen LogP contribution in [-0.4, -0.2) is 19.1 Å². The number of nitrogens with zero attached hydrogens (tertiary/aromatic N) is 1. The van der Waals surface area contributed by atoms with Crippen LogP contribution in [0, 0.1) is 17.7 Å². The van der Waals surface area contributed by atoms with Crippen LogP contribution in [0.5, 0.6) is 0 Å². The minimum Gasteiger partial charge on any atom is -0.368 e. The summed E-state index contributed by atoms with van der Waals surface area (Å²) >= 11 is 0. The molecule has 1 aromatic rings. The minimum absolute atomic E-state index is 0.0721. The van der Waals surface area contributed by atoms with Crippen molar-refractivity contribution in [3.8, 4) is 0 Å². The molecule has 2 aliphatic rings. The van der Waals surface area contributed by atoms with Crippen molar-refractivity contribution in [1.29, 1.82) is 0 Å². The van der Waals surface area contributed by atoms with Gasteiger partial charge >= 0.3 is 0 Å². The van der Waals surface area contributed by atoms with E-state index in [1.54, 1.807) is 6.07 Å². The number of hydrogen-bond donors (Lipinski definition) is 1. The molecule has 2 N–H and O–H groups in total. The zero-order valence-corrected chi connectivity index (χ0v) is 13.0. The molecule has 0 heterocycles. The van der Waals surface area contributed by atoms with Crippen LogP contribution in [0.3, 0.4) is 0 Å². The highest BCUT2D eigenvalue weighted by molar-refractivity contribution is 5.55. The molecule has 0 saturated heterocycles. The number of halogens is 1. The SMILES string of the molecule is CCC(N)Cc1cccc(F)c1N(CC1CC1)CC1CC1. The molecule has 0 aliphatic heterocycles. The molecule has 0 bridgehead atoms. The van der Waals surface area contributed by atoms with Gasteiger partial charge in [0.05, 0.1) is 5.69 Å². The van der Waals surface area contributed by atoms with Gasteiger partial charge in [-0.05, 0) is 62.0 Å². The molecule has 21 heavy (non-hydrogen) atoms. The first kappa shape index (κ1) is 14.8. The lowest BCUT2D eigenvalue weighted by Crippen LogP contribution is -2.31. The lowest BCUT2D eigenvalue weighted by molar-refractivity contribution is 0.590. The second kappa shape index (κ2) is 6.35. The molecule has 2 saturated carbocycles. The first-order valence-electron chi connectivity index (χ1n) is 8.45. The van der Waals surface area contributed by atoms with Crippen LogP contribution in [-0.2, 0) is 6.42 Å². The van der Waals surface area contributed by atoms with Gasteiger partial charge in [0.1, 0.15) is 5.82 Å². The summed E-state index contributed by atoms with van der Waals surface area (Å²) in [5.41, 5.74) is 8.03. The van der Waals surface area contributed by atoms with Gasteiger partial charge in [0.2, 0.25) is 0 Å². The van der Waals surface area contributed by atoms with E-state index in [2.05, 4.69) is 17.9 Å². The Hall–Kier alpha value is -1.09. The van der Waals surface area contributed by atoms with Gasteiger partial charge in [-0.1, -0.05) is 19.1 Å². The van der Waals surface area contributed by atoms with E-state index in [0.29, 0.717) is 0 Å². The minimum atomic E-state index is -0.0721. The van der Waals surface area contributed by atoms with Gasteiger partial charge < -0.3 is 10.6 Å². The van der Waals surface area contributed by atoms with E-state index < -0.39 is 0 Å². The highest BCUT2D eigenvalue weighted by atomic mass is 19.1. The second-order valence-electron chi connectivity index (χ2n) is 6.91. The average molecular weight is 290 g/mol. The van der Waals surface area contributed by atoms with Gasteiger partial charge in [-0.25, -0.2) is 4.39 Å². The summed E-state index contributed by atoms with van der Waals surface area (Å²) in [6.07, 6.45) is 6.92. The fourth-order valence-corrected chi connectivity index (χ4v) is 2.99. The van der Waals surface area contributed by atoms with Crippen molar-refractivity contribution in [1.82, 2.24) is 0 Å². The predicted octanol–water partition coefficient (Wildman–Crippen LogP) is 3.73. The van der Waals surface area contributed by atoms with Gasteiger partial charge in [-0.15, -0.1) is 0 Å². The van der Waals surface area contributed by atoms with E-state index in [1.807, 2.05) is 6.07 Å². The molecule has 2 nitrogen and oxygen atoms in total. The summed E-state index contributed by atoms with van der Waals surface area (Å²) in [6.45, 7) is 4.13. The quantitative estimate of drug-likeness (QED) is 0.790. The Morgan fingerprint density at radius 2 is 1.81 bits per heavy atom. The Balaban J connectivity index is 1.84. The van der Waals surface area contributed by atoms with Crippen molar-refractivity contribution in [2.24, 2.45) is 17.6 Å². The van der Waals surface area contributed by atoms with Crippen LogP contribution in [0.4, 0.5) is 10.1 Å². The first-order chi connectivity index (χ1) is 10.2. The molecule has 2 aliphatic carbocycles. The lowest BCUT2D eigenvalue weighted by Gasteiger charge is -2.28. The van der Waals surface area contributed by atoms with Gasteiger partial charge in [0, 0.05) is 19.1 Å². The van der Waals surface area contributed by atoms with Crippen LogP contribution >= 0.6 is 0 Å². The lowest BCUT2D eigenvalue weighted by atomic mass is 10.0. The number of rotatable bonds is 8. The Morgan fingerprint density at radius 3 is 2.33 bits per heavy atom. The highest BCUT2D eigenvalue weighted by Gasteiger charge is 2.31. The molecule has 0 aromatic heterocycles. The molecule has 3 rings (SSSR count). The van der Waals surface area contributed by atoms with E-state index in [1.165, 1.54) is 25.7 Å². The molecular weight excluding hydrogens is 263 g/mol. The maximum atomic E-state index is 14.5. The summed E-state index contributed by atoms with van der Waals surface area (Å²) in [5.74, 6) is 1.48. The van der Waals surface area contributed by atoms with E-state index >= 15 is 0 Å². The number of benzene rings is 1. The van der Waals surface area contributed by atoms with E-state index in [-0.39, 0.29) is 11.9 Å². The third-order valence-electron chi connectivity index (χ3n) is 4.74. The van der Waals surface area contributed by atoms with Crippen LogP contribution < -0.4 is 10.6 Å². The molecule has 2 fully saturated rings. The number of nitrogens with two attached hydrogens (primary N) is 1. The molecule has 1 atom stereocenters. The normalized spacial score (nSPS) is 19.6. The number of anilines is 1. The molecule has 1 unspecified atom stereocenters. The summed E-state index contributed by atoms with van der Waals surface area (Å²) in [7, 11) is 0. The smallest absolute Gasteiger partial charge is 0.146 e.